The van der Waals surface area contributed by atoms with Crippen molar-refractivity contribution in [2.24, 2.45) is 0 Å². The lowest BCUT2D eigenvalue weighted by Crippen LogP contribution is -2.26. The molecule has 0 saturated heterocycles. The Kier molecular flexibility index (Phi) is 5.59. The molecule has 0 aliphatic heterocycles. The van der Waals surface area contributed by atoms with E-state index in [4.69, 9.17) is 16.3 Å². The van der Waals surface area contributed by atoms with Crippen LogP contribution in [-0.2, 0) is 17.8 Å². The summed E-state index contributed by atoms with van der Waals surface area (Å²) < 4.78 is 7.27. The lowest BCUT2D eigenvalue weighted by atomic mass is 10.4. The van der Waals surface area contributed by atoms with Gasteiger partial charge in [0.1, 0.15) is 5.02 Å². The number of methoxy groups -OCH3 is 1. The third-order valence-corrected chi connectivity index (χ3v) is 4.56. The summed E-state index contributed by atoms with van der Waals surface area (Å²) >= 11 is 11.1. The van der Waals surface area contributed by atoms with Gasteiger partial charge >= 0.3 is 0 Å². The minimum Gasteiger partial charge on any atom is -0.383 e. The van der Waals surface area contributed by atoms with E-state index in [9.17, 15) is 4.79 Å². The summed E-state index contributed by atoms with van der Waals surface area (Å²) in [6.07, 6.45) is 1.56. The SMILES string of the molecule is COCCn1ncc(NCc2ccc(Br)s2)c(Cl)c1=O. The molecule has 0 atom stereocenters. The van der Waals surface area contributed by atoms with E-state index >= 15 is 0 Å². The number of thiophene rings is 1. The van der Waals surface area contributed by atoms with Crippen LogP contribution in [0, 0.1) is 0 Å². The van der Waals surface area contributed by atoms with Gasteiger partial charge in [-0.25, -0.2) is 4.68 Å². The summed E-state index contributed by atoms with van der Waals surface area (Å²) in [7, 11) is 1.57. The fourth-order valence-corrected chi connectivity index (χ4v) is 3.19. The van der Waals surface area contributed by atoms with Gasteiger partial charge in [-0.15, -0.1) is 11.3 Å². The first kappa shape index (κ1) is 15.5. The van der Waals surface area contributed by atoms with Gasteiger partial charge in [0, 0.05) is 18.5 Å². The van der Waals surface area contributed by atoms with Gasteiger partial charge in [-0.05, 0) is 28.1 Å². The van der Waals surface area contributed by atoms with Crippen LogP contribution in [-0.4, -0.2) is 23.5 Å². The second-order valence-electron chi connectivity index (χ2n) is 3.95. The Morgan fingerprint density at radius 1 is 1.55 bits per heavy atom. The molecule has 5 nitrogen and oxygen atoms in total. The average Bonchev–Trinajstić information content (AvgIpc) is 2.85. The summed E-state index contributed by atoms with van der Waals surface area (Å²) in [4.78, 5) is 13.1. The van der Waals surface area contributed by atoms with Gasteiger partial charge in [0.05, 0.1) is 28.8 Å². The van der Waals surface area contributed by atoms with Crippen LogP contribution in [0.2, 0.25) is 5.02 Å². The predicted octanol–water partition coefficient (Wildman–Crippen LogP) is 2.98. The van der Waals surface area contributed by atoms with Crippen LogP contribution in [0.3, 0.4) is 0 Å². The van der Waals surface area contributed by atoms with Crippen molar-refractivity contribution in [3.8, 4) is 0 Å². The first-order valence-electron chi connectivity index (χ1n) is 5.84. The molecule has 2 rings (SSSR count). The third kappa shape index (κ3) is 3.82. The second kappa shape index (κ2) is 7.21. The molecule has 0 unspecified atom stereocenters. The van der Waals surface area contributed by atoms with E-state index in [1.165, 1.54) is 4.68 Å². The molecule has 8 heteroatoms. The standard InChI is InChI=1S/C12H13BrClN3O2S/c1-19-5-4-17-12(18)11(14)9(7-16-17)15-6-8-2-3-10(13)20-8/h2-3,7,15H,4-6H2,1H3. The Hall–Kier alpha value is -0.890. The third-order valence-electron chi connectivity index (χ3n) is 2.57. The molecule has 0 fully saturated rings. The zero-order valence-electron chi connectivity index (χ0n) is 10.7. The van der Waals surface area contributed by atoms with E-state index in [0.29, 0.717) is 25.4 Å². The molecule has 0 bridgehead atoms. The minimum absolute atomic E-state index is 0.145. The van der Waals surface area contributed by atoms with Crippen molar-refractivity contribution < 1.29 is 4.74 Å². The molecular weight excluding hydrogens is 366 g/mol. The van der Waals surface area contributed by atoms with Crippen LogP contribution in [0.25, 0.3) is 0 Å². The summed E-state index contributed by atoms with van der Waals surface area (Å²) in [5, 5.41) is 7.33. The zero-order valence-corrected chi connectivity index (χ0v) is 13.9. The Labute approximate surface area is 133 Å². The Morgan fingerprint density at radius 3 is 3.00 bits per heavy atom. The highest BCUT2D eigenvalue weighted by Crippen LogP contribution is 2.23. The van der Waals surface area contributed by atoms with Gasteiger partial charge in [-0.3, -0.25) is 4.79 Å². The van der Waals surface area contributed by atoms with Crippen LogP contribution in [0.4, 0.5) is 5.69 Å². The van der Waals surface area contributed by atoms with Crippen molar-refractivity contribution >= 4 is 44.6 Å². The van der Waals surface area contributed by atoms with E-state index < -0.39 is 0 Å². The molecule has 0 aliphatic carbocycles. The molecule has 2 aromatic heterocycles. The number of aromatic nitrogens is 2. The maximum Gasteiger partial charge on any atom is 0.287 e. The molecule has 108 valence electrons. The van der Waals surface area contributed by atoms with E-state index in [1.807, 2.05) is 12.1 Å². The monoisotopic (exact) mass is 377 g/mol. The van der Waals surface area contributed by atoms with Crippen LogP contribution in [0.5, 0.6) is 0 Å². The van der Waals surface area contributed by atoms with Crippen molar-refractivity contribution in [2.45, 2.75) is 13.1 Å². The first-order valence-corrected chi connectivity index (χ1v) is 7.83. The van der Waals surface area contributed by atoms with Crippen molar-refractivity contribution in [3.63, 3.8) is 0 Å². The number of ether oxygens (including phenoxy) is 1. The van der Waals surface area contributed by atoms with Crippen LogP contribution in [0.15, 0.2) is 26.9 Å². The lowest BCUT2D eigenvalue weighted by molar-refractivity contribution is 0.182. The predicted molar refractivity (Wildman–Crippen MR) is 84.7 cm³/mol. The highest BCUT2D eigenvalue weighted by Gasteiger charge is 2.09. The number of hydrogen-bond acceptors (Lipinski definition) is 5. The molecule has 2 aromatic rings. The summed E-state index contributed by atoms with van der Waals surface area (Å²) in [6, 6.07) is 3.98. The molecule has 0 amide bonds. The maximum atomic E-state index is 12.0. The molecule has 0 radical (unpaired) electrons. The molecule has 20 heavy (non-hydrogen) atoms. The molecule has 0 saturated carbocycles. The molecular formula is C12H13BrClN3O2S. The van der Waals surface area contributed by atoms with Crippen LogP contribution in [0.1, 0.15) is 4.88 Å². The smallest absolute Gasteiger partial charge is 0.287 e. The second-order valence-corrected chi connectivity index (χ2v) is 6.88. The van der Waals surface area contributed by atoms with Crippen molar-refractivity contribution in [1.82, 2.24) is 9.78 Å². The van der Waals surface area contributed by atoms with Crippen molar-refractivity contribution in [1.29, 1.82) is 0 Å². The molecule has 0 spiro atoms. The zero-order chi connectivity index (χ0) is 14.5. The summed E-state index contributed by atoms with van der Waals surface area (Å²) in [5.74, 6) is 0. The van der Waals surface area contributed by atoms with Crippen molar-refractivity contribution in [3.05, 3.63) is 42.4 Å². The van der Waals surface area contributed by atoms with Gasteiger partial charge in [-0.2, -0.15) is 5.10 Å². The number of anilines is 1. The molecule has 1 N–H and O–H groups in total. The molecule has 0 aromatic carbocycles. The number of hydrogen-bond donors (Lipinski definition) is 1. The van der Waals surface area contributed by atoms with E-state index in [2.05, 4.69) is 26.3 Å². The van der Waals surface area contributed by atoms with Crippen molar-refractivity contribution in [2.75, 3.05) is 19.0 Å². The van der Waals surface area contributed by atoms with Crippen LogP contribution < -0.4 is 10.9 Å². The van der Waals surface area contributed by atoms with E-state index in [1.54, 1.807) is 24.6 Å². The van der Waals surface area contributed by atoms with Crippen LogP contribution >= 0.6 is 38.9 Å². The summed E-state index contributed by atoms with van der Waals surface area (Å²) in [6.45, 7) is 1.39. The molecule has 0 aliphatic rings. The highest BCUT2D eigenvalue weighted by molar-refractivity contribution is 9.11. The van der Waals surface area contributed by atoms with Gasteiger partial charge in [0.2, 0.25) is 0 Å². The van der Waals surface area contributed by atoms with E-state index in [0.717, 1.165) is 8.66 Å². The topological polar surface area (TPSA) is 56.1 Å². The summed E-state index contributed by atoms with van der Waals surface area (Å²) in [5.41, 5.74) is 0.218. The van der Waals surface area contributed by atoms with Gasteiger partial charge in [0.25, 0.3) is 5.56 Å². The molecule has 2 heterocycles. The fraction of sp³-hybridized carbons (Fsp3) is 0.333. The lowest BCUT2D eigenvalue weighted by Gasteiger charge is -2.09. The number of halogens is 2. The van der Waals surface area contributed by atoms with Gasteiger partial charge < -0.3 is 10.1 Å². The Morgan fingerprint density at radius 2 is 2.35 bits per heavy atom. The number of nitrogens with one attached hydrogen (secondary N) is 1. The normalized spacial score (nSPS) is 10.8. The maximum absolute atomic E-state index is 12.0. The number of nitrogens with zero attached hydrogens (tertiary/aromatic N) is 2. The van der Waals surface area contributed by atoms with E-state index in [-0.39, 0.29) is 10.6 Å². The fourth-order valence-electron chi connectivity index (χ4n) is 1.55. The van der Waals surface area contributed by atoms with Gasteiger partial charge in [-0.1, -0.05) is 11.6 Å². The average molecular weight is 379 g/mol. The Balaban J connectivity index is 2.09. The largest absolute Gasteiger partial charge is 0.383 e. The van der Waals surface area contributed by atoms with Gasteiger partial charge in [0.15, 0.2) is 0 Å². The Bertz CT molecular complexity index is 644. The first-order chi connectivity index (χ1) is 9.61. The minimum atomic E-state index is -0.318. The number of rotatable bonds is 6. The highest BCUT2D eigenvalue weighted by atomic mass is 79.9. The quantitative estimate of drug-likeness (QED) is 0.839.